The summed E-state index contributed by atoms with van der Waals surface area (Å²) in [4.78, 5) is 14.6. The molecule has 2 heterocycles. The fourth-order valence-electron chi connectivity index (χ4n) is 3.41. The molecule has 1 saturated heterocycles. The average molecular weight is 307 g/mol. The van der Waals surface area contributed by atoms with Gasteiger partial charge in [-0.15, -0.1) is 11.3 Å². The van der Waals surface area contributed by atoms with Crippen molar-refractivity contribution < 1.29 is 4.79 Å². The monoisotopic (exact) mass is 307 g/mol. The minimum atomic E-state index is -0.382. The summed E-state index contributed by atoms with van der Waals surface area (Å²) in [6.45, 7) is 4.44. The minimum Gasteiger partial charge on any atom is -0.397 e. The number of primary amides is 1. The summed E-state index contributed by atoms with van der Waals surface area (Å²) < 4.78 is 0. The van der Waals surface area contributed by atoms with E-state index in [1.807, 2.05) is 0 Å². The number of rotatable bonds is 4. The summed E-state index contributed by atoms with van der Waals surface area (Å²) in [5, 5.41) is 1.22. The molecule has 116 valence electrons. The van der Waals surface area contributed by atoms with Crippen LogP contribution in [-0.4, -0.2) is 19.0 Å². The quantitative estimate of drug-likeness (QED) is 0.896. The molecule has 2 fully saturated rings. The molecule has 0 aromatic carbocycles. The van der Waals surface area contributed by atoms with Crippen LogP contribution >= 0.6 is 11.3 Å². The molecule has 1 aliphatic heterocycles. The Kier molecular flexibility index (Phi) is 4.11. The van der Waals surface area contributed by atoms with Crippen LogP contribution in [0.2, 0.25) is 0 Å². The van der Waals surface area contributed by atoms with E-state index in [0.717, 1.165) is 19.0 Å². The highest BCUT2D eigenvalue weighted by Crippen LogP contribution is 2.52. The summed E-state index contributed by atoms with van der Waals surface area (Å²) in [5.41, 5.74) is 13.6. The minimum absolute atomic E-state index is 0.382. The molecule has 0 radical (unpaired) electrons. The number of thiophene rings is 1. The highest BCUT2D eigenvalue weighted by Gasteiger charge is 2.34. The molecule has 2 aliphatic rings. The number of hydrogen-bond donors (Lipinski definition) is 2. The van der Waals surface area contributed by atoms with Crippen LogP contribution in [0, 0.1) is 5.92 Å². The van der Waals surface area contributed by atoms with Gasteiger partial charge in [-0.3, -0.25) is 4.79 Å². The number of carbonyl (C=O) groups is 1. The predicted molar refractivity (Wildman–Crippen MR) is 89.1 cm³/mol. The molecule has 1 atom stereocenters. The van der Waals surface area contributed by atoms with E-state index >= 15 is 0 Å². The first kappa shape index (κ1) is 14.7. The zero-order valence-electron chi connectivity index (χ0n) is 12.7. The van der Waals surface area contributed by atoms with Crippen molar-refractivity contribution in [2.24, 2.45) is 11.7 Å². The zero-order valence-corrected chi connectivity index (χ0v) is 13.5. The number of nitrogen functional groups attached to an aromatic ring is 1. The van der Waals surface area contributed by atoms with Crippen molar-refractivity contribution in [1.82, 2.24) is 0 Å². The molecule has 0 bridgehead atoms. The average Bonchev–Trinajstić information content (AvgIpc) is 3.25. The summed E-state index contributed by atoms with van der Waals surface area (Å²) in [7, 11) is 0. The van der Waals surface area contributed by atoms with E-state index in [-0.39, 0.29) is 5.91 Å². The van der Waals surface area contributed by atoms with Gasteiger partial charge in [0.15, 0.2) is 0 Å². The second-order valence-corrected chi connectivity index (χ2v) is 7.39. The molecule has 1 saturated carbocycles. The maximum absolute atomic E-state index is 11.6. The Morgan fingerprint density at radius 3 is 2.67 bits per heavy atom. The number of nitrogens with two attached hydrogens (primary N) is 2. The third kappa shape index (κ3) is 2.89. The van der Waals surface area contributed by atoms with E-state index in [1.165, 1.54) is 60.4 Å². The van der Waals surface area contributed by atoms with E-state index in [0.29, 0.717) is 16.5 Å². The number of hydrogen-bond acceptors (Lipinski definition) is 4. The van der Waals surface area contributed by atoms with Gasteiger partial charge in [-0.25, -0.2) is 0 Å². The fourth-order valence-corrected chi connectivity index (χ4v) is 4.62. The maximum atomic E-state index is 11.6. The number of nitrogens with zero attached hydrogens (tertiary/aromatic N) is 1. The third-order valence-corrected chi connectivity index (χ3v) is 6.18. The highest BCUT2D eigenvalue weighted by molar-refractivity contribution is 7.18. The number of carbonyl (C=O) groups excluding carboxylic acids is 1. The lowest BCUT2D eigenvalue weighted by molar-refractivity contribution is 0.100. The second-order valence-electron chi connectivity index (χ2n) is 6.39. The van der Waals surface area contributed by atoms with Gasteiger partial charge in [0.2, 0.25) is 0 Å². The topological polar surface area (TPSA) is 72.3 Å². The van der Waals surface area contributed by atoms with Crippen LogP contribution in [0.1, 0.15) is 66.6 Å². The molecule has 0 spiro atoms. The standard InChI is InChI=1S/C16H25N3OS/c1-2-10-4-3-8-19(9-7-10)16-12(11-5-6-11)13(17)14(21-16)15(18)20/h10-11H,2-9,17H2,1H3,(H2,18,20). The molecule has 1 amide bonds. The molecule has 4 N–H and O–H groups in total. The van der Waals surface area contributed by atoms with Crippen molar-refractivity contribution in [1.29, 1.82) is 0 Å². The van der Waals surface area contributed by atoms with Gasteiger partial charge in [0.1, 0.15) is 4.88 Å². The smallest absolute Gasteiger partial charge is 0.260 e. The van der Waals surface area contributed by atoms with Crippen molar-refractivity contribution in [3.05, 3.63) is 10.4 Å². The summed E-state index contributed by atoms with van der Waals surface area (Å²) in [6.07, 6.45) is 7.43. The van der Waals surface area contributed by atoms with Crippen LogP contribution in [0.5, 0.6) is 0 Å². The van der Waals surface area contributed by atoms with E-state index < -0.39 is 0 Å². The SMILES string of the molecule is CCC1CCCN(c2sc(C(N)=O)c(N)c2C2CC2)CC1. The third-order valence-electron chi connectivity index (χ3n) is 4.89. The summed E-state index contributed by atoms with van der Waals surface area (Å²) in [5.74, 6) is 1.01. The molecule has 21 heavy (non-hydrogen) atoms. The van der Waals surface area contributed by atoms with Gasteiger partial charge in [0.05, 0.1) is 10.7 Å². The van der Waals surface area contributed by atoms with Crippen LogP contribution in [0.3, 0.4) is 0 Å². The van der Waals surface area contributed by atoms with E-state index in [9.17, 15) is 4.79 Å². The van der Waals surface area contributed by atoms with Crippen molar-refractivity contribution in [3.63, 3.8) is 0 Å². The van der Waals surface area contributed by atoms with Crippen molar-refractivity contribution in [3.8, 4) is 0 Å². The lowest BCUT2D eigenvalue weighted by Crippen LogP contribution is -2.24. The Labute approximate surface area is 130 Å². The van der Waals surface area contributed by atoms with Gasteiger partial charge in [-0.05, 0) is 43.9 Å². The maximum Gasteiger partial charge on any atom is 0.260 e. The van der Waals surface area contributed by atoms with E-state index in [1.54, 1.807) is 0 Å². The van der Waals surface area contributed by atoms with Crippen LogP contribution in [0.25, 0.3) is 0 Å². The second kappa shape index (κ2) is 5.87. The molecular weight excluding hydrogens is 282 g/mol. The van der Waals surface area contributed by atoms with Crippen LogP contribution in [-0.2, 0) is 0 Å². The van der Waals surface area contributed by atoms with Crippen molar-refractivity contribution in [2.75, 3.05) is 23.7 Å². The number of anilines is 2. The Hall–Kier alpha value is -1.23. The van der Waals surface area contributed by atoms with Crippen molar-refractivity contribution in [2.45, 2.75) is 51.4 Å². The first-order valence-electron chi connectivity index (χ1n) is 8.08. The fraction of sp³-hybridized carbons (Fsp3) is 0.688. The Morgan fingerprint density at radius 1 is 1.29 bits per heavy atom. The Bertz CT molecular complexity index is 536. The van der Waals surface area contributed by atoms with Gasteiger partial charge in [-0.2, -0.15) is 0 Å². The first-order chi connectivity index (χ1) is 10.1. The van der Waals surface area contributed by atoms with E-state index in [4.69, 9.17) is 11.5 Å². The largest absolute Gasteiger partial charge is 0.397 e. The Balaban J connectivity index is 1.90. The lowest BCUT2D eigenvalue weighted by Gasteiger charge is -2.23. The summed E-state index contributed by atoms with van der Waals surface area (Å²) in [6, 6.07) is 0. The van der Waals surface area contributed by atoms with Gasteiger partial charge in [-0.1, -0.05) is 13.3 Å². The Morgan fingerprint density at radius 2 is 2.05 bits per heavy atom. The summed E-state index contributed by atoms with van der Waals surface area (Å²) >= 11 is 1.51. The normalized spacial score (nSPS) is 23.1. The van der Waals surface area contributed by atoms with Gasteiger partial charge in [0, 0.05) is 18.7 Å². The molecule has 3 rings (SSSR count). The molecular formula is C16H25N3OS. The molecule has 1 aromatic rings. The van der Waals surface area contributed by atoms with Gasteiger partial charge >= 0.3 is 0 Å². The molecule has 4 nitrogen and oxygen atoms in total. The lowest BCUT2D eigenvalue weighted by atomic mass is 9.98. The zero-order chi connectivity index (χ0) is 15.0. The van der Waals surface area contributed by atoms with E-state index in [2.05, 4.69) is 11.8 Å². The number of amides is 1. The van der Waals surface area contributed by atoms with Crippen LogP contribution < -0.4 is 16.4 Å². The van der Waals surface area contributed by atoms with Gasteiger partial charge in [0.25, 0.3) is 5.91 Å². The molecule has 1 unspecified atom stereocenters. The van der Waals surface area contributed by atoms with Gasteiger partial charge < -0.3 is 16.4 Å². The highest BCUT2D eigenvalue weighted by atomic mass is 32.1. The molecule has 5 heteroatoms. The molecule has 1 aliphatic carbocycles. The molecule has 1 aromatic heterocycles. The van der Waals surface area contributed by atoms with Crippen LogP contribution in [0.4, 0.5) is 10.7 Å². The van der Waals surface area contributed by atoms with Crippen LogP contribution in [0.15, 0.2) is 0 Å². The first-order valence-corrected chi connectivity index (χ1v) is 8.90. The predicted octanol–water partition coefficient (Wildman–Crippen LogP) is 3.32. The van der Waals surface area contributed by atoms with Crippen molar-refractivity contribution >= 4 is 27.9 Å².